The number of para-hydroxylation sites is 1. The van der Waals surface area contributed by atoms with Gasteiger partial charge in [0.25, 0.3) is 5.91 Å². The highest BCUT2D eigenvalue weighted by Gasteiger charge is 2.34. The number of aromatic nitrogens is 3. The molecule has 1 heterocycles. The Balaban J connectivity index is 1.52. The van der Waals surface area contributed by atoms with Gasteiger partial charge < -0.3 is 10.4 Å². The molecule has 1 amide bonds. The number of aliphatic hydroxyl groups excluding tert-OH is 1. The molecule has 26 heavy (non-hydrogen) atoms. The second-order valence-corrected chi connectivity index (χ2v) is 6.48. The minimum atomic E-state index is -0.756. The van der Waals surface area contributed by atoms with Gasteiger partial charge in [0, 0.05) is 12.5 Å². The van der Waals surface area contributed by atoms with Crippen LogP contribution in [0.2, 0.25) is 0 Å². The zero-order valence-electron chi connectivity index (χ0n) is 14.2. The van der Waals surface area contributed by atoms with Crippen LogP contribution in [0.5, 0.6) is 0 Å². The smallest absolute Gasteiger partial charge is 0.273 e. The van der Waals surface area contributed by atoms with Gasteiger partial charge >= 0.3 is 0 Å². The first-order chi connectivity index (χ1) is 12.7. The number of hydrogen-bond donors (Lipinski definition) is 2. The quantitative estimate of drug-likeness (QED) is 0.718. The normalized spacial score (nSPS) is 14.8. The highest BCUT2D eigenvalue weighted by molar-refractivity contribution is 5.93. The molecule has 0 bridgehead atoms. The lowest BCUT2D eigenvalue weighted by molar-refractivity contribution is 0.0910. The molecule has 1 fully saturated rings. The molecule has 3 aromatic rings. The fraction of sp³-hybridized carbons (Fsp3) is 0.250. The molecule has 1 saturated carbocycles. The first kappa shape index (κ1) is 16.5. The highest BCUT2D eigenvalue weighted by atomic mass is 16.3. The summed E-state index contributed by atoms with van der Waals surface area (Å²) in [7, 11) is 0. The number of amides is 1. The predicted molar refractivity (Wildman–Crippen MR) is 97.1 cm³/mol. The van der Waals surface area contributed by atoms with Gasteiger partial charge in [-0.15, -0.1) is 5.10 Å². The maximum atomic E-state index is 12.6. The average molecular weight is 348 g/mol. The van der Waals surface area contributed by atoms with Crippen LogP contribution >= 0.6 is 0 Å². The van der Waals surface area contributed by atoms with Crippen molar-refractivity contribution in [2.75, 3.05) is 6.54 Å². The Morgan fingerprint density at radius 1 is 1.12 bits per heavy atom. The lowest BCUT2D eigenvalue weighted by Gasteiger charge is -2.12. The Morgan fingerprint density at radius 3 is 2.42 bits per heavy atom. The molecule has 1 atom stereocenters. The zero-order chi connectivity index (χ0) is 17.9. The summed E-state index contributed by atoms with van der Waals surface area (Å²) in [5, 5.41) is 21.3. The van der Waals surface area contributed by atoms with Crippen molar-refractivity contribution in [2.45, 2.75) is 24.9 Å². The molecule has 0 saturated heterocycles. The molecule has 1 aliphatic carbocycles. The fourth-order valence-corrected chi connectivity index (χ4v) is 3.00. The number of carbonyl (C=O) groups excluding carboxylic acids is 1. The van der Waals surface area contributed by atoms with Gasteiger partial charge in [-0.25, -0.2) is 4.68 Å². The number of nitrogens with one attached hydrogen (secondary N) is 1. The van der Waals surface area contributed by atoms with E-state index in [1.807, 2.05) is 60.7 Å². The maximum Gasteiger partial charge on any atom is 0.273 e. The van der Waals surface area contributed by atoms with E-state index in [-0.39, 0.29) is 12.5 Å². The molecule has 6 nitrogen and oxygen atoms in total. The fourth-order valence-electron chi connectivity index (χ4n) is 3.00. The SMILES string of the molecule is O=C(NCC(O)c1ccccc1)c1nnn(-c2ccccc2)c1C1CC1. The van der Waals surface area contributed by atoms with Crippen molar-refractivity contribution < 1.29 is 9.90 Å². The van der Waals surface area contributed by atoms with Crippen molar-refractivity contribution in [1.29, 1.82) is 0 Å². The monoisotopic (exact) mass is 348 g/mol. The Kier molecular flexibility index (Phi) is 4.50. The van der Waals surface area contributed by atoms with Crippen LogP contribution in [0.15, 0.2) is 60.7 Å². The third-order valence-corrected chi connectivity index (χ3v) is 4.53. The molecule has 2 aromatic carbocycles. The molecule has 4 rings (SSSR count). The Hall–Kier alpha value is -2.99. The second kappa shape index (κ2) is 7.09. The summed E-state index contributed by atoms with van der Waals surface area (Å²) >= 11 is 0. The predicted octanol–water partition coefficient (Wildman–Crippen LogP) is 2.61. The summed E-state index contributed by atoms with van der Waals surface area (Å²) in [4.78, 5) is 12.6. The molecule has 1 aromatic heterocycles. The molecule has 1 unspecified atom stereocenters. The van der Waals surface area contributed by atoms with Gasteiger partial charge in [0.05, 0.1) is 17.5 Å². The number of hydrogen-bond acceptors (Lipinski definition) is 4. The summed E-state index contributed by atoms with van der Waals surface area (Å²) in [6, 6.07) is 19.0. The van der Waals surface area contributed by atoms with Gasteiger partial charge in [-0.2, -0.15) is 0 Å². The van der Waals surface area contributed by atoms with Gasteiger partial charge in [0.1, 0.15) is 0 Å². The van der Waals surface area contributed by atoms with E-state index >= 15 is 0 Å². The molecular weight excluding hydrogens is 328 g/mol. The largest absolute Gasteiger partial charge is 0.387 e. The number of carbonyl (C=O) groups is 1. The van der Waals surface area contributed by atoms with Crippen molar-refractivity contribution in [3.8, 4) is 5.69 Å². The highest BCUT2D eigenvalue weighted by Crippen LogP contribution is 2.41. The summed E-state index contributed by atoms with van der Waals surface area (Å²) in [6.07, 6.45) is 1.31. The van der Waals surface area contributed by atoms with Crippen molar-refractivity contribution in [2.24, 2.45) is 0 Å². The van der Waals surface area contributed by atoms with Gasteiger partial charge in [-0.3, -0.25) is 4.79 Å². The van der Waals surface area contributed by atoms with E-state index in [0.29, 0.717) is 11.6 Å². The van der Waals surface area contributed by atoms with Crippen LogP contribution in [0.25, 0.3) is 5.69 Å². The van der Waals surface area contributed by atoms with E-state index in [9.17, 15) is 9.90 Å². The van der Waals surface area contributed by atoms with Gasteiger partial charge in [0.2, 0.25) is 0 Å². The summed E-state index contributed by atoms with van der Waals surface area (Å²) < 4.78 is 1.75. The minimum absolute atomic E-state index is 0.130. The Bertz CT molecular complexity index is 889. The lowest BCUT2D eigenvalue weighted by Crippen LogP contribution is -2.29. The van der Waals surface area contributed by atoms with Crippen LogP contribution in [0.1, 0.15) is 46.6 Å². The second-order valence-electron chi connectivity index (χ2n) is 6.48. The van der Waals surface area contributed by atoms with Gasteiger partial charge in [-0.05, 0) is 30.5 Å². The van der Waals surface area contributed by atoms with Crippen molar-refractivity contribution >= 4 is 5.91 Å². The maximum absolute atomic E-state index is 12.6. The molecule has 6 heteroatoms. The first-order valence-electron chi connectivity index (χ1n) is 8.76. The molecule has 132 valence electrons. The number of rotatable bonds is 6. The topological polar surface area (TPSA) is 80.0 Å². The molecule has 0 aliphatic heterocycles. The molecular formula is C20H20N4O2. The summed E-state index contributed by atoms with van der Waals surface area (Å²) in [5.41, 5.74) is 2.85. The van der Waals surface area contributed by atoms with Crippen molar-refractivity contribution in [3.05, 3.63) is 77.6 Å². The van der Waals surface area contributed by atoms with Crippen LogP contribution < -0.4 is 5.32 Å². The first-order valence-corrected chi connectivity index (χ1v) is 8.76. The van der Waals surface area contributed by atoms with E-state index < -0.39 is 6.10 Å². The standard InChI is InChI=1S/C20H20N4O2/c25-17(14-7-3-1-4-8-14)13-21-20(26)18-19(15-11-12-15)24(23-22-18)16-9-5-2-6-10-16/h1-10,15,17,25H,11-13H2,(H,21,26). The molecule has 2 N–H and O–H groups in total. The summed E-state index contributed by atoms with van der Waals surface area (Å²) in [5.74, 6) is 0.00839. The number of benzene rings is 2. The van der Waals surface area contributed by atoms with Crippen molar-refractivity contribution in [1.82, 2.24) is 20.3 Å². The minimum Gasteiger partial charge on any atom is -0.387 e. The van der Waals surface area contributed by atoms with E-state index in [2.05, 4.69) is 15.6 Å². The lowest BCUT2D eigenvalue weighted by atomic mass is 10.1. The summed E-state index contributed by atoms with van der Waals surface area (Å²) in [6.45, 7) is 0.130. The zero-order valence-corrected chi connectivity index (χ0v) is 14.2. The molecule has 0 radical (unpaired) electrons. The average Bonchev–Trinajstić information content (AvgIpc) is 3.45. The third-order valence-electron chi connectivity index (χ3n) is 4.53. The van der Waals surface area contributed by atoms with Crippen LogP contribution in [0.3, 0.4) is 0 Å². The Labute approximate surface area is 151 Å². The molecule has 0 spiro atoms. The van der Waals surface area contributed by atoms with E-state index in [1.165, 1.54) is 0 Å². The van der Waals surface area contributed by atoms with E-state index in [0.717, 1.165) is 29.8 Å². The molecule has 1 aliphatic rings. The van der Waals surface area contributed by atoms with Crippen LogP contribution in [0, 0.1) is 0 Å². The van der Waals surface area contributed by atoms with Gasteiger partial charge in [0.15, 0.2) is 5.69 Å². The number of nitrogens with zero attached hydrogens (tertiary/aromatic N) is 3. The van der Waals surface area contributed by atoms with Crippen molar-refractivity contribution in [3.63, 3.8) is 0 Å². The van der Waals surface area contributed by atoms with Crippen LogP contribution in [0.4, 0.5) is 0 Å². The number of aliphatic hydroxyl groups is 1. The van der Waals surface area contributed by atoms with Crippen LogP contribution in [-0.4, -0.2) is 32.6 Å². The van der Waals surface area contributed by atoms with Crippen LogP contribution in [-0.2, 0) is 0 Å². The Morgan fingerprint density at radius 2 is 1.77 bits per heavy atom. The van der Waals surface area contributed by atoms with Gasteiger partial charge in [-0.1, -0.05) is 53.7 Å². The van der Waals surface area contributed by atoms with E-state index in [1.54, 1.807) is 4.68 Å². The third kappa shape index (κ3) is 3.36. The van der Waals surface area contributed by atoms with E-state index in [4.69, 9.17) is 0 Å².